The molecular weight excluding hydrogens is 312 g/mol. The second-order valence-electron chi connectivity index (χ2n) is 7.03. The molecule has 3 heterocycles. The van der Waals surface area contributed by atoms with Crippen LogP contribution in [0.15, 0.2) is 17.1 Å². The van der Waals surface area contributed by atoms with Crippen LogP contribution < -0.4 is 5.32 Å². The number of likely N-dealkylation sites (tertiary alicyclic amines) is 1. The fraction of sp³-hybridized carbons (Fsp3) is 0.688. The number of carbonyl (C=O) groups excluding carboxylic acids is 2. The highest BCUT2D eigenvalue weighted by molar-refractivity contribution is 5.92. The predicted molar refractivity (Wildman–Crippen MR) is 83.2 cm³/mol. The van der Waals surface area contributed by atoms with Crippen molar-refractivity contribution in [3.05, 3.63) is 18.4 Å². The summed E-state index contributed by atoms with van der Waals surface area (Å²) in [6.45, 7) is 3.05. The lowest BCUT2D eigenvalue weighted by atomic mass is 9.90. The van der Waals surface area contributed by atoms with Gasteiger partial charge in [0.2, 0.25) is 5.91 Å². The number of morpholine rings is 1. The van der Waals surface area contributed by atoms with Gasteiger partial charge in [0.15, 0.2) is 12.1 Å². The number of carbonyl (C=O) groups is 2. The van der Waals surface area contributed by atoms with E-state index in [-0.39, 0.29) is 23.5 Å². The van der Waals surface area contributed by atoms with Crippen molar-refractivity contribution in [1.82, 2.24) is 20.1 Å². The Bertz CT molecular complexity index is 622. The van der Waals surface area contributed by atoms with Crippen LogP contribution in [0, 0.1) is 5.92 Å². The Hall–Kier alpha value is -1.93. The Kier molecular flexibility index (Phi) is 3.80. The third-order valence-electron chi connectivity index (χ3n) is 5.11. The summed E-state index contributed by atoms with van der Waals surface area (Å²) in [7, 11) is 1.66. The second-order valence-corrected chi connectivity index (χ2v) is 7.03. The molecule has 2 amide bonds. The maximum absolute atomic E-state index is 12.3. The minimum absolute atomic E-state index is 0.000327. The lowest BCUT2D eigenvalue weighted by molar-refractivity contribution is -0.191. The molecule has 4 rings (SSSR count). The summed E-state index contributed by atoms with van der Waals surface area (Å²) >= 11 is 0. The number of hydrogen-bond donors (Lipinski definition) is 1. The van der Waals surface area contributed by atoms with Gasteiger partial charge in [-0.1, -0.05) is 0 Å². The topological polar surface area (TPSA) is 87.9 Å². The lowest BCUT2D eigenvalue weighted by Gasteiger charge is -2.55. The van der Waals surface area contributed by atoms with Crippen LogP contribution in [-0.4, -0.2) is 78.1 Å². The van der Waals surface area contributed by atoms with E-state index in [1.54, 1.807) is 11.9 Å². The minimum Gasteiger partial charge on any atom is -0.451 e. The van der Waals surface area contributed by atoms with Crippen LogP contribution in [0.4, 0.5) is 0 Å². The van der Waals surface area contributed by atoms with Crippen molar-refractivity contribution < 1.29 is 18.7 Å². The van der Waals surface area contributed by atoms with E-state index in [4.69, 9.17) is 9.15 Å². The monoisotopic (exact) mass is 334 g/mol. The second kappa shape index (κ2) is 5.86. The van der Waals surface area contributed by atoms with Gasteiger partial charge in [0.25, 0.3) is 5.91 Å². The highest BCUT2D eigenvalue weighted by Crippen LogP contribution is 2.36. The van der Waals surface area contributed by atoms with Gasteiger partial charge in [-0.3, -0.25) is 14.5 Å². The molecule has 3 fully saturated rings. The van der Waals surface area contributed by atoms with Crippen LogP contribution in [0.25, 0.3) is 0 Å². The summed E-state index contributed by atoms with van der Waals surface area (Å²) in [6, 6.07) is -0.235. The van der Waals surface area contributed by atoms with Crippen molar-refractivity contribution in [3.63, 3.8) is 0 Å². The Morgan fingerprint density at radius 3 is 2.79 bits per heavy atom. The first-order valence-corrected chi connectivity index (χ1v) is 8.37. The quantitative estimate of drug-likeness (QED) is 0.815. The largest absolute Gasteiger partial charge is 0.451 e. The van der Waals surface area contributed by atoms with Gasteiger partial charge < -0.3 is 19.4 Å². The zero-order valence-electron chi connectivity index (χ0n) is 13.7. The molecule has 0 aromatic carbocycles. The fourth-order valence-electron chi connectivity index (χ4n) is 3.58. The molecule has 1 aliphatic carbocycles. The van der Waals surface area contributed by atoms with Gasteiger partial charge in [-0.15, -0.1) is 0 Å². The molecule has 3 aliphatic rings. The Balaban J connectivity index is 1.40. The third kappa shape index (κ3) is 2.80. The van der Waals surface area contributed by atoms with Gasteiger partial charge in [0.05, 0.1) is 19.7 Å². The Labute approximate surface area is 140 Å². The van der Waals surface area contributed by atoms with Crippen LogP contribution in [0.5, 0.6) is 0 Å². The zero-order chi connectivity index (χ0) is 16.7. The van der Waals surface area contributed by atoms with Crippen LogP contribution >= 0.6 is 0 Å². The van der Waals surface area contributed by atoms with Gasteiger partial charge in [-0.25, -0.2) is 4.98 Å². The standard InChI is InChI=1S/C16H22N4O4/c1-17-14(21)13-6-24-16(7-19(13)4-11-2-3-11)8-20(9-16)15(22)12-5-23-10-18-12/h5,10-11,13H,2-4,6-9H2,1H3,(H,17,21)/t13-/m1/s1. The fourth-order valence-corrected chi connectivity index (χ4v) is 3.58. The Morgan fingerprint density at radius 2 is 2.17 bits per heavy atom. The molecule has 1 aromatic heterocycles. The summed E-state index contributed by atoms with van der Waals surface area (Å²) in [6.07, 6.45) is 5.09. The first-order chi connectivity index (χ1) is 11.6. The summed E-state index contributed by atoms with van der Waals surface area (Å²) in [5, 5.41) is 2.72. The molecule has 1 spiro atoms. The van der Waals surface area contributed by atoms with E-state index in [2.05, 4.69) is 15.2 Å². The number of likely N-dealkylation sites (N-methyl/N-ethyl adjacent to an activating group) is 1. The summed E-state index contributed by atoms with van der Waals surface area (Å²) < 4.78 is 10.9. The SMILES string of the molecule is CNC(=O)[C@H]1COC2(CN(C(=O)c3cocn3)C2)CN1CC1CC1. The third-order valence-corrected chi connectivity index (χ3v) is 5.11. The maximum Gasteiger partial charge on any atom is 0.276 e. The number of oxazole rings is 1. The number of aromatic nitrogens is 1. The molecule has 8 nitrogen and oxygen atoms in total. The first kappa shape index (κ1) is 15.6. The highest BCUT2D eigenvalue weighted by Gasteiger charge is 2.52. The van der Waals surface area contributed by atoms with Gasteiger partial charge in [0.1, 0.15) is 17.9 Å². The van der Waals surface area contributed by atoms with Crippen molar-refractivity contribution in [1.29, 1.82) is 0 Å². The summed E-state index contributed by atoms with van der Waals surface area (Å²) in [4.78, 5) is 32.2. The summed E-state index contributed by atoms with van der Waals surface area (Å²) in [5.41, 5.74) is -0.0440. The van der Waals surface area contributed by atoms with Gasteiger partial charge >= 0.3 is 0 Å². The average Bonchev–Trinajstić information content (AvgIpc) is 3.20. The molecule has 0 unspecified atom stereocenters. The van der Waals surface area contributed by atoms with Crippen LogP contribution in [0.3, 0.4) is 0 Å². The summed E-state index contributed by atoms with van der Waals surface area (Å²) in [5.74, 6) is 0.556. The van der Waals surface area contributed by atoms with Crippen LogP contribution in [0.1, 0.15) is 23.3 Å². The molecule has 0 bridgehead atoms. The normalized spacial score (nSPS) is 26.2. The van der Waals surface area contributed by atoms with Crippen molar-refractivity contribution in [2.45, 2.75) is 24.5 Å². The highest BCUT2D eigenvalue weighted by atomic mass is 16.5. The molecule has 0 radical (unpaired) electrons. The minimum atomic E-state index is -0.362. The van der Waals surface area contributed by atoms with Crippen molar-refractivity contribution in [3.8, 4) is 0 Å². The average molecular weight is 334 g/mol. The number of rotatable bonds is 4. The number of ether oxygens (including phenoxy) is 1. The molecule has 24 heavy (non-hydrogen) atoms. The van der Waals surface area contributed by atoms with E-state index in [0.717, 1.165) is 6.54 Å². The molecule has 8 heteroatoms. The van der Waals surface area contributed by atoms with Gasteiger partial charge in [-0.2, -0.15) is 0 Å². The van der Waals surface area contributed by atoms with Crippen molar-refractivity contribution in [2.75, 3.05) is 39.8 Å². The van der Waals surface area contributed by atoms with Gasteiger partial charge in [0, 0.05) is 20.1 Å². The van der Waals surface area contributed by atoms with Crippen LogP contribution in [-0.2, 0) is 9.53 Å². The Morgan fingerprint density at radius 1 is 1.38 bits per heavy atom. The smallest absolute Gasteiger partial charge is 0.276 e. The van der Waals surface area contributed by atoms with E-state index in [0.29, 0.717) is 37.9 Å². The molecule has 1 atom stereocenters. The number of amides is 2. The maximum atomic E-state index is 12.3. The van der Waals surface area contributed by atoms with Crippen molar-refractivity contribution >= 4 is 11.8 Å². The molecule has 1 N–H and O–H groups in total. The van der Waals surface area contributed by atoms with E-state index in [1.165, 1.54) is 25.5 Å². The molecule has 130 valence electrons. The number of nitrogens with one attached hydrogen (secondary N) is 1. The zero-order valence-corrected chi connectivity index (χ0v) is 13.7. The first-order valence-electron chi connectivity index (χ1n) is 8.37. The number of nitrogens with zero attached hydrogens (tertiary/aromatic N) is 3. The molecule has 2 saturated heterocycles. The number of hydrogen-bond acceptors (Lipinski definition) is 6. The molecule has 1 saturated carbocycles. The molecule has 1 aromatic rings. The van der Waals surface area contributed by atoms with E-state index < -0.39 is 0 Å². The van der Waals surface area contributed by atoms with Crippen molar-refractivity contribution in [2.24, 2.45) is 5.92 Å². The van der Waals surface area contributed by atoms with Crippen LogP contribution in [0.2, 0.25) is 0 Å². The lowest BCUT2D eigenvalue weighted by Crippen LogP contribution is -2.73. The van der Waals surface area contributed by atoms with Gasteiger partial charge in [-0.05, 0) is 18.8 Å². The predicted octanol–water partition coefficient (Wildman–Crippen LogP) is -0.274. The molecular formula is C16H22N4O4. The molecule has 2 aliphatic heterocycles. The van der Waals surface area contributed by atoms with E-state index in [1.807, 2.05) is 0 Å². The van der Waals surface area contributed by atoms with E-state index in [9.17, 15) is 9.59 Å². The van der Waals surface area contributed by atoms with E-state index >= 15 is 0 Å².